The summed E-state index contributed by atoms with van der Waals surface area (Å²) in [6, 6.07) is 0. The zero-order valence-electron chi connectivity index (χ0n) is 4.11. The highest BCUT2D eigenvalue weighted by Crippen LogP contribution is 2.10. The van der Waals surface area contributed by atoms with Gasteiger partial charge in [-0.25, -0.2) is 0 Å². The molecule has 0 unspecified atom stereocenters. The van der Waals surface area contributed by atoms with Crippen LogP contribution in [-0.2, 0) is 0 Å². The van der Waals surface area contributed by atoms with Gasteiger partial charge in [0.15, 0.2) is 0 Å². The van der Waals surface area contributed by atoms with Crippen molar-refractivity contribution in [2.24, 2.45) is 0 Å². The van der Waals surface area contributed by atoms with E-state index in [-0.39, 0.29) is 14.9 Å². The van der Waals surface area contributed by atoms with E-state index in [0.717, 1.165) is 0 Å². The molecule has 0 atom stereocenters. The fraction of sp³-hybridized carbons (Fsp3) is 1.00. The van der Waals surface area contributed by atoms with Crippen LogP contribution in [0, 0.1) is 0 Å². The van der Waals surface area contributed by atoms with Crippen molar-refractivity contribution in [1.29, 1.82) is 0 Å². The fourth-order valence-corrected chi connectivity index (χ4v) is 0.898. The molecule has 0 aromatic rings. The first kappa shape index (κ1) is 10.9. The maximum atomic E-state index is 2.39. The van der Waals surface area contributed by atoms with Gasteiger partial charge >= 0.3 is 0 Å². The molecule has 1 rings (SSSR count). The lowest BCUT2D eigenvalue weighted by molar-refractivity contribution is 0.734. The van der Waals surface area contributed by atoms with E-state index < -0.39 is 0 Å². The zero-order valence-corrected chi connectivity index (χ0v) is 4.11. The Balaban J connectivity index is 0. The van der Waals surface area contributed by atoms with Gasteiger partial charge in [-0.2, -0.15) is 0 Å². The smallest absolute Gasteiger partial charge is 0.0803 e. The van der Waals surface area contributed by atoms with Crippen LogP contribution in [0.2, 0.25) is 12.6 Å². The minimum absolute atomic E-state index is 0. The van der Waals surface area contributed by atoms with Gasteiger partial charge < -0.3 is 0 Å². The molecule has 0 spiro atoms. The van der Waals surface area contributed by atoms with E-state index in [4.69, 9.17) is 0 Å². The average molecular weight is 113 g/mol. The zero-order chi connectivity index (χ0) is 4.24. The van der Waals surface area contributed by atoms with Crippen LogP contribution in [0.15, 0.2) is 0 Å². The maximum absolute atomic E-state index is 2.39. The van der Waals surface area contributed by atoms with E-state index in [0.29, 0.717) is 0 Å². The van der Waals surface area contributed by atoms with E-state index >= 15 is 0 Å². The Bertz CT molecular complexity index is 19.9. The van der Waals surface area contributed by atoms with E-state index in [2.05, 4.69) is 7.28 Å². The van der Waals surface area contributed by atoms with Crippen LogP contribution < -0.4 is 0 Å². The Hall–Kier alpha value is 0.0649. The number of rotatable bonds is 0. The van der Waals surface area contributed by atoms with Crippen LogP contribution in [0.3, 0.4) is 0 Å². The summed E-state index contributed by atoms with van der Waals surface area (Å²) < 4.78 is 0. The summed E-state index contributed by atoms with van der Waals surface area (Å²) in [7, 11) is 2.39. The van der Waals surface area contributed by atoms with E-state index in [1.165, 1.54) is 31.9 Å². The minimum Gasteiger partial charge on any atom is -0.0803 e. The summed E-state index contributed by atoms with van der Waals surface area (Å²) >= 11 is 0. The maximum Gasteiger partial charge on any atom is 0.109 e. The first-order chi connectivity index (χ1) is 3.00. The summed E-state index contributed by atoms with van der Waals surface area (Å²) in [4.78, 5) is 0. The second kappa shape index (κ2) is 7.06. The molecule has 1 aliphatic rings. The standard InChI is InChI=1S/C5H10B.2CH4/c1-2-4-6-5-3-1;;/h1-5H2;2*1H4. The van der Waals surface area contributed by atoms with Crippen LogP contribution in [0.4, 0.5) is 0 Å². The molecule has 0 saturated carbocycles. The van der Waals surface area contributed by atoms with Crippen molar-refractivity contribution >= 4 is 7.28 Å². The van der Waals surface area contributed by atoms with Crippen molar-refractivity contribution in [2.75, 3.05) is 0 Å². The van der Waals surface area contributed by atoms with Crippen molar-refractivity contribution in [3.8, 4) is 0 Å². The fourth-order valence-electron chi connectivity index (χ4n) is 0.898. The van der Waals surface area contributed by atoms with E-state index in [1.807, 2.05) is 0 Å². The van der Waals surface area contributed by atoms with Crippen LogP contribution in [0.1, 0.15) is 34.1 Å². The van der Waals surface area contributed by atoms with Gasteiger partial charge in [-0.1, -0.05) is 46.8 Å². The van der Waals surface area contributed by atoms with Crippen molar-refractivity contribution < 1.29 is 0 Å². The third-order valence-corrected chi connectivity index (χ3v) is 1.32. The molecule has 8 heavy (non-hydrogen) atoms. The molecule has 0 nitrogen and oxygen atoms in total. The summed E-state index contributed by atoms with van der Waals surface area (Å²) in [5.74, 6) is 0. The summed E-state index contributed by atoms with van der Waals surface area (Å²) in [6.45, 7) is 0. The minimum atomic E-state index is 0. The Kier molecular flexibility index (Phi) is 9.66. The molecule has 0 N–H and O–H groups in total. The molecule has 0 aromatic heterocycles. The molecule has 0 aliphatic carbocycles. The molecule has 1 radical (unpaired) electrons. The highest BCUT2D eigenvalue weighted by molar-refractivity contribution is 6.35. The predicted molar refractivity (Wildman–Crippen MR) is 42.7 cm³/mol. The van der Waals surface area contributed by atoms with Crippen molar-refractivity contribution in [2.45, 2.75) is 46.8 Å². The highest BCUT2D eigenvalue weighted by atomic mass is 13.9. The molecule has 0 amide bonds. The Morgan fingerprint density at radius 2 is 1.25 bits per heavy atom. The molecule has 1 saturated heterocycles. The van der Waals surface area contributed by atoms with Crippen LogP contribution in [0.5, 0.6) is 0 Å². The van der Waals surface area contributed by atoms with E-state index in [1.54, 1.807) is 0 Å². The van der Waals surface area contributed by atoms with Gasteiger partial charge in [0, 0.05) is 0 Å². The second-order valence-corrected chi connectivity index (χ2v) is 1.93. The van der Waals surface area contributed by atoms with Crippen LogP contribution in [0.25, 0.3) is 0 Å². The third-order valence-electron chi connectivity index (χ3n) is 1.32. The lowest BCUT2D eigenvalue weighted by atomic mass is 9.64. The first-order valence-electron chi connectivity index (χ1n) is 2.82. The molecule has 1 fully saturated rings. The highest BCUT2D eigenvalue weighted by Gasteiger charge is 1.97. The topological polar surface area (TPSA) is 0 Å². The van der Waals surface area contributed by atoms with Gasteiger partial charge in [0.1, 0.15) is 7.28 Å². The van der Waals surface area contributed by atoms with Crippen molar-refractivity contribution in [3.05, 3.63) is 0 Å². The van der Waals surface area contributed by atoms with E-state index in [9.17, 15) is 0 Å². The second-order valence-electron chi connectivity index (χ2n) is 1.93. The molecule has 1 aliphatic heterocycles. The van der Waals surface area contributed by atoms with Gasteiger partial charge in [0.2, 0.25) is 0 Å². The lowest BCUT2D eigenvalue weighted by Gasteiger charge is -2.04. The van der Waals surface area contributed by atoms with Gasteiger partial charge in [0.25, 0.3) is 0 Å². The van der Waals surface area contributed by atoms with Crippen LogP contribution in [-0.4, -0.2) is 7.28 Å². The average Bonchev–Trinajstić information content (AvgIpc) is 1.72. The molecular formula is C7H18B. The normalized spacial score (nSPS) is 17.0. The lowest BCUT2D eigenvalue weighted by Crippen LogP contribution is -1.94. The van der Waals surface area contributed by atoms with Gasteiger partial charge in [-0.3, -0.25) is 0 Å². The van der Waals surface area contributed by atoms with Gasteiger partial charge in [-0.15, -0.1) is 0 Å². The number of hydrogen-bond donors (Lipinski definition) is 0. The SMILES string of the molecule is C.C.[B]1CCCCC1. The van der Waals surface area contributed by atoms with Crippen LogP contribution >= 0.6 is 0 Å². The third kappa shape index (κ3) is 4.23. The van der Waals surface area contributed by atoms with Gasteiger partial charge in [0.05, 0.1) is 0 Å². The Morgan fingerprint density at radius 3 is 1.38 bits per heavy atom. The summed E-state index contributed by atoms with van der Waals surface area (Å²) in [6.07, 6.45) is 7.11. The Labute approximate surface area is 54.9 Å². The summed E-state index contributed by atoms with van der Waals surface area (Å²) in [5, 5.41) is 0. The monoisotopic (exact) mass is 113 g/mol. The molecule has 0 bridgehead atoms. The molecule has 0 aromatic carbocycles. The molecule has 49 valence electrons. The molecular weight excluding hydrogens is 94.9 g/mol. The largest absolute Gasteiger partial charge is 0.109 e. The van der Waals surface area contributed by atoms with Crippen molar-refractivity contribution in [3.63, 3.8) is 0 Å². The number of hydrogen-bond acceptors (Lipinski definition) is 0. The predicted octanol–water partition coefficient (Wildman–Crippen LogP) is 2.98. The van der Waals surface area contributed by atoms with Gasteiger partial charge in [-0.05, 0) is 0 Å². The first-order valence-corrected chi connectivity index (χ1v) is 2.82. The molecule has 1 heteroatoms. The Morgan fingerprint density at radius 1 is 0.750 bits per heavy atom. The molecule has 1 heterocycles. The van der Waals surface area contributed by atoms with Crippen molar-refractivity contribution in [1.82, 2.24) is 0 Å². The quantitative estimate of drug-likeness (QED) is 0.423. The summed E-state index contributed by atoms with van der Waals surface area (Å²) in [5.41, 5.74) is 0.